The van der Waals surface area contributed by atoms with E-state index >= 15 is 0 Å². The summed E-state index contributed by atoms with van der Waals surface area (Å²) < 4.78 is 0.969. The van der Waals surface area contributed by atoms with Crippen molar-refractivity contribution in [3.63, 3.8) is 0 Å². The molecule has 4 nitrogen and oxygen atoms in total. The van der Waals surface area contributed by atoms with Gasteiger partial charge in [-0.25, -0.2) is 0 Å². The lowest BCUT2D eigenvalue weighted by molar-refractivity contribution is -0.133. The Morgan fingerprint density at radius 2 is 1.80 bits per heavy atom. The zero-order chi connectivity index (χ0) is 14.7. The standard InChI is InChI=1S/C15H19BrN2O2/c1-3-18(4-2)15(20)13-9-12(13)14(19)17-11-7-5-10(16)6-8-11/h5-8,12-13H,3-4,9H2,1-2H3,(H,17,19). The highest BCUT2D eigenvalue weighted by Gasteiger charge is 2.49. The van der Waals surface area contributed by atoms with Crippen LogP contribution in [0.15, 0.2) is 28.7 Å². The molecule has 5 heteroatoms. The molecule has 1 N–H and O–H groups in total. The number of hydrogen-bond acceptors (Lipinski definition) is 2. The maximum Gasteiger partial charge on any atom is 0.228 e. The van der Waals surface area contributed by atoms with Crippen LogP contribution < -0.4 is 5.32 Å². The van der Waals surface area contributed by atoms with E-state index in [0.29, 0.717) is 19.5 Å². The fourth-order valence-electron chi connectivity index (χ4n) is 2.30. The highest BCUT2D eigenvalue weighted by Crippen LogP contribution is 2.40. The van der Waals surface area contributed by atoms with Gasteiger partial charge in [-0.2, -0.15) is 0 Å². The molecule has 0 heterocycles. The molecule has 1 aliphatic carbocycles. The van der Waals surface area contributed by atoms with Gasteiger partial charge in [0.2, 0.25) is 11.8 Å². The largest absolute Gasteiger partial charge is 0.343 e. The molecule has 2 unspecified atom stereocenters. The molecule has 0 spiro atoms. The maximum absolute atomic E-state index is 12.1. The number of hydrogen-bond donors (Lipinski definition) is 1. The number of rotatable bonds is 5. The van der Waals surface area contributed by atoms with E-state index in [9.17, 15) is 9.59 Å². The van der Waals surface area contributed by atoms with Gasteiger partial charge in [0.15, 0.2) is 0 Å². The lowest BCUT2D eigenvalue weighted by Crippen LogP contribution is -2.33. The first-order valence-electron chi connectivity index (χ1n) is 6.92. The third-order valence-corrected chi connectivity index (χ3v) is 4.16. The summed E-state index contributed by atoms with van der Waals surface area (Å²) in [5, 5.41) is 2.86. The van der Waals surface area contributed by atoms with Gasteiger partial charge in [-0.15, -0.1) is 0 Å². The Morgan fingerprint density at radius 1 is 1.20 bits per heavy atom. The fraction of sp³-hybridized carbons (Fsp3) is 0.467. The molecule has 1 saturated carbocycles. The molecule has 0 radical (unpaired) electrons. The lowest BCUT2D eigenvalue weighted by atomic mass is 10.2. The average Bonchev–Trinajstić information content (AvgIpc) is 3.23. The van der Waals surface area contributed by atoms with Crippen LogP contribution in [0.1, 0.15) is 20.3 Å². The molecule has 0 saturated heterocycles. The summed E-state index contributed by atoms with van der Waals surface area (Å²) in [6.07, 6.45) is 0.664. The van der Waals surface area contributed by atoms with E-state index in [2.05, 4.69) is 21.2 Å². The van der Waals surface area contributed by atoms with Gasteiger partial charge in [0.05, 0.1) is 11.8 Å². The van der Waals surface area contributed by atoms with Crippen molar-refractivity contribution in [3.8, 4) is 0 Å². The third kappa shape index (κ3) is 3.39. The van der Waals surface area contributed by atoms with Gasteiger partial charge >= 0.3 is 0 Å². The summed E-state index contributed by atoms with van der Waals surface area (Å²) in [5.41, 5.74) is 0.763. The summed E-state index contributed by atoms with van der Waals surface area (Å²) in [6, 6.07) is 7.43. The van der Waals surface area contributed by atoms with Crippen molar-refractivity contribution in [3.05, 3.63) is 28.7 Å². The van der Waals surface area contributed by atoms with Gasteiger partial charge in [0, 0.05) is 23.2 Å². The van der Waals surface area contributed by atoms with Crippen LogP contribution in [0.5, 0.6) is 0 Å². The molecule has 108 valence electrons. The minimum atomic E-state index is -0.174. The van der Waals surface area contributed by atoms with Gasteiger partial charge in [-0.05, 0) is 44.5 Å². The highest BCUT2D eigenvalue weighted by atomic mass is 79.9. The van der Waals surface area contributed by atoms with Crippen molar-refractivity contribution in [2.45, 2.75) is 20.3 Å². The molecule has 0 aromatic heterocycles. The van der Waals surface area contributed by atoms with Crippen molar-refractivity contribution in [1.82, 2.24) is 4.90 Å². The smallest absolute Gasteiger partial charge is 0.228 e. The summed E-state index contributed by atoms with van der Waals surface area (Å²) in [6.45, 7) is 5.32. The van der Waals surface area contributed by atoms with Crippen LogP contribution in [0.4, 0.5) is 5.69 Å². The predicted octanol–water partition coefficient (Wildman–Crippen LogP) is 2.89. The number of halogens is 1. The Hall–Kier alpha value is -1.36. The van der Waals surface area contributed by atoms with Crippen molar-refractivity contribution in [1.29, 1.82) is 0 Å². The van der Waals surface area contributed by atoms with E-state index in [0.717, 1.165) is 10.2 Å². The van der Waals surface area contributed by atoms with Crippen LogP contribution >= 0.6 is 15.9 Å². The zero-order valence-corrected chi connectivity index (χ0v) is 13.3. The minimum absolute atomic E-state index is 0.0576. The number of carbonyl (C=O) groups excluding carboxylic acids is 2. The molecule has 20 heavy (non-hydrogen) atoms. The normalized spacial score (nSPS) is 20.4. The first-order valence-corrected chi connectivity index (χ1v) is 7.71. The van der Waals surface area contributed by atoms with Gasteiger partial charge < -0.3 is 10.2 Å². The SMILES string of the molecule is CCN(CC)C(=O)C1CC1C(=O)Nc1ccc(Br)cc1. The molecule has 2 rings (SSSR count). The second kappa shape index (κ2) is 6.39. The number of amides is 2. The third-order valence-electron chi connectivity index (χ3n) is 3.63. The maximum atomic E-state index is 12.1. The first-order chi connectivity index (χ1) is 9.56. The summed E-state index contributed by atoms with van der Waals surface area (Å²) in [5.74, 6) is -0.263. The number of nitrogens with zero attached hydrogens (tertiary/aromatic N) is 1. The van der Waals surface area contributed by atoms with Gasteiger partial charge in [-0.1, -0.05) is 15.9 Å². The second-order valence-corrected chi connectivity index (χ2v) is 5.87. The lowest BCUT2D eigenvalue weighted by Gasteiger charge is -2.18. The quantitative estimate of drug-likeness (QED) is 0.897. The van der Waals surface area contributed by atoms with Crippen LogP contribution in [-0.4, -0.2) is 29.8 Å². The molecule has 2 amide bonds. The second-order valence-electron chi connectivity index (χ2n) is 4.96. The predicted molar refractivity (Wildman–Crippen MR) is 82.3 cm³/mol. The number of benzene rings is 1. The summed E-state index contributed by atoms with van der Waals surface area (Å²) in [7, 11) is 0. The van der Waals surface area contributed by atoms with Crippen molar-refractivity contribution >= 4 is 33.4 Å². The Bertz CT molecular complexity index is 497. The molecular weight excluding hydrogens is 320 g/mol. The van der Waals surface area contributed by atoms with Gasteiger partial charge in [0.25, 0.3) is 0 Å². The fourth-order valence-corrected chi connectivity index (χ4v) is 2.56. The van der Waals surface area contributed by atoms with Crippen LogP contribution in [0.2, 0.25) is 0 Å². The van der Waals surface area contributed by atoms with E-state index in [1.54, 1.807) is 4.90 Å². The number of anilines is 1. The zero-order valence-electron chi connectivity index (χ0n) is 11.7. The van der Waals surface area contributed by atoms with Crippen molar-refractivity contribution in [2.24, 2.45) is 11.8 Å². The van der Waals surface area contributed by atoms with E-state index in [4.69, 9.17) is 0 Å². The van der Waals surface area contributed by atoms with E-state index in [-0.39, 0.29) is 23.7 Å². The molecule has 0 aliphatic heterocycles. The summed E-state index contributed by atoms with van der Waals surface area (Å²) in [4.78, 5) is 26.0. The number of nitrogens with one attached hydrogen (secondary N) is 1. The average molecular weight is 339 g/mol. The van der Waals surface area contributed by atoms with Crippen LogP contribution in [0, 0.1) is 11.8 Å². The van der Waals surface area contributed by atoms with Crippen LogP contribution in [0.25, 0.3) is 0 Å². The Morgan fingerprint density at radius 3 is 2.35 bits per heavy atom. The number of carbonyl (C=O) groups is 2. The van der Waals surface area contributed by atoms with Gasteiger partial charge in [0.1, 0.15) is 0 Å². The van der Waals surface area contributed by atoms with E-state index < -0.39 is 0 Å². The molecule has 0 bridgehead atoms. The van der Waals surface area contributed by atoms with Crippen molar-refractivity contribution in [2.75, 3.05) is 18.4 Å². The first kappa shape index (κ1) is 15.0. The van der Waals surface area contributed by atoms with Crippen LogP contribution in [0.3, 0.4) is 0 Å². The Kier molecular flexibility index (Phi) is 4.81. The van der Waals surface area contributed by atoms with E-state index in [1.807, 2.05) is 38.1 Å². The molecule has 1 aromatic rings. The molecular formula is C15H19BrN2O2. The van der Waals surface area contributed by atoms with E-state index in [1.165, 1.54) is 0 Å². The van der Waals surface area contributed by atoms with Crippen molar-refractivity contribution < 1.29 is 9.59 Å². The Balaban J connectivity index is 1.90. The molecule has 1 fully saturated rings. The van der Waals surface area contributed by atoms with Gasteiger partial charge in [-0.3, -0.25) is 9.59 Å². The topological polar surface area (TPSA) is 49.4 Å². The summed E-state index contributed by atoms with van der Waals surface area (Å²) >= 11 is 3.35. The highest BCUT2D eigenvalue weighted by molar-refractivity contribution is 9.10. The Labute approximate surface area is 127 Å². The monoisotopic (exact) mass is 338 g/mol. The molecule has 1 aromatic carbocycles. The van der Waals surface area contributed by atoms with Crippen LogP contribution in [-0.2, 0) is 9.59 Å². The minimum Gasteiger partial charge on any atom is -0.343 e. The molecule has 2 atom stereocenters. The molecule has 1 aliphatic rings.